The van der Waals surface area contributed by atoms with Gasteiger partial charge >= 0.3 is 0 Å². The summed E-state index contributed by atoms with van der Waals surface area (Å²) in [6, 6.07) is 14.9. The fourth-order valence-corrected chi connectivity index (χ4v) is 3.31. The summed E-state index contributed by atoms with van der Waals surface area (Å²) in [5.41, 5.74) is 3.32. The Kier molecular flexibility index (Phi) is 6.24. The predicted octanol–water partition coefficient (Wildman–Crippen LogP) is 4.35. The molecule has 0 fully saturated rings. The molecule has 0 saturated heterocycles. The first-order valence-electron chi connectivity index (χ1n) is 9.92. The summed E-state index contributed by atoms with van der Waals surface area (Å²) in [5.74, 6) is -0.00475. The Morgan fingerprint density at radius 3 is 2.43 bits per heavy atom. The molecule has 0 bridgehead atoms. The number of carbonyl (C=O) groups is 1. The van der Waals surface area contributed by atoms with Crippen molar-refractivity contribution in [1.82, 2.24) is 14.5 Å². The first-order valence-corrected chi connectivity index (χ1v) is 9.92. The van der Waals surface area contributed by atoms with Crippen LogP contribution in [0.4, 0.5) is 0 Å². The van der Waals surface area contributed by atoms with Crippen LogP contribution in [0, 0.1) is 0 Å². The van der Waals surface area contributed by atoms with Gasteiger partial charge in [0.15, 0.2) is 0 Å². The summed E-state index contributed by atoms with van der Waals surface area (Å²) in [6.07, 6.45) is 2.90. The Labute approximate surface area is 165 Å². The lowest BCUT2D eigenvalue weighted by Gasteiger charge is -2.17. The zero-order valence-electron chi connectivity index (χ0n) is 16.8. The van der Waals surface area contributed by atoms with E-state index in [1.807, 2.05) is 43.4 Å². The third kappa shape index (κ3) is 3.98. The maximum atomic E-state index is 13.0. The minimum Gasteiger partial charge on any atom is -0.342 e. The van der Waals surface area contributed by atoms with Gasteiger partial charge in [0, 0.05) is 31.3 Å². The molecule has 0 aliphatic carbocycles. The second-order valence-corrected chi connectivity index (χ2v) is 7.06. The molecule has 1 heterocycles. The molecule has 0 spiro atoms. The second kappa shape index (κ2) is 8.83. The van der Waals surface area contributed by atoms with Gasteiger partial charge in [-0.2, -0.15) is 0 Å². The van der Waals surface area contributed by atoms with E-state index >= 15 is 0 Å². The second-order valence-electron chi connectivity index (χ2n) is 7.06. The van der Waals surface area contributed by atoms with Gasteiger partial charge in [0.2, 0.25) is 0 Å². The van der Waals surface area contributed by atoms with Crippen LogP contribution in [0.3, 0.4) is 0 Å². The normalized spacial score (nSPS) is 11.0. The van der Waals surface area contributed by atoms with Gasteiger partial charge in [-0.15, -0.1) is 0 Å². The van der Waals surface area contributed by atoms with E-state index in [0.29, 0.717) is 17.8 Å². The van der Waals surface area contributed by atoms with Crippen molar-refractivity contribution < 1.29 is 4.79 Å². The number of nitrogens with zero attached hydrogens (tertiary/aromatic N) is 3. The van der Waals surface area contributed by atoms with Crippen LogP contribution in [0.25, 0.3) is 22.3 Å². The van der Waals surface area contributed by atoms with Crippen molar-refractivity contribution in [2.45, 2.75) is 39.7 Å². The molecule has 0 atom stereocenters. The van der Waals surface area contributed by atoms with E-state index in [4.69, 9.17) is 0 Å². The van der Waals surface area contributed by atoms with Crippen molar-refractivity contribution >= 4 is 16.9 Å². The van der Waals surface area contributed by atoms with Crippen molar-refractivity contribution in [2.24, 2.45) is 0 Å². The molecule has 3 rings (SSSR count). The molecule has 0 unspecified atom stereocenters. The number of hydrogen-bond acceptors (Lipinski definition) is 3. The van der Waals surface area contributed by atoms with Gasteiger partial charge in [-0.1, -0.05) is 44.5 Å². The summed E-state index contributed by atoms with van der Waals surface area (Å²) < 4.78 is 1.79. The molecule has 0 aliphatic rings. The third-order valence-corrected chi connectivity index (χ3v) is 4.90. The fourth-order valence-electron chi connectivity index (χ4n) is 3.31. The van der Waals surface area contributed by atoms with E-state index in [-0.39, 0.29) is 11.5 Å². The minimum atomic E-state index is -0.0975. The zero-order valence-corrected chi connectivity index (χ0v) is 16.8. The lowest BCUT2D eigenvalue weighted by atomic mass is 10.1. The number of benzene rings is 2. The fraction of sp³-hybridized carbons (Fsp3) is 0.348. The van der Waals surface area contributed by atoms with E-state index in [2.05, 4.69) is 18.8 Å². The molecule has 0 radical (unpaired) electrons. The monoisotopic (exact) mass is 377 g/mol. The molecular weight excluding hydrogens is 350 g/mol. The number of aromatic nitrogens is 2. The van der Waals surface area contributed by atoms with Crippen LogP contribution in [-0.2, 0) is 6.54 Å². The standard InChI is InChI=1S/C23H27N3O2/c1-4-6-16-25(3)22(27)18-13-11-17(12-14-18)21-23(28)26(15-5-2)20-10-8-7-9-19(20)24-21/h7-14H,4-6,15-16H2,1-3H3. The van der Waals surface area contributed by atoms with Crippen LogP contribution in [0.5, 0.6) is 0 Å². The average molecular weight is 377 g/mol. The Morgan fingerprint density at radius 2 is 1.75 bits per heavy atom. The average Bonchev–Trinajstić information content (AvgIpc) is 2.73. The summed E-state index contributed by atoms with van der Waals surface area (Å²) in [4.78, 5) is 31.9. The van der Waals surface area contributed by atoms with Crippen LogP contribution < -0.4 is 5.56 Å². The predicted molar refractivity (Wildman–Crippen MR) is 114 cm³/mol. The number of aryl methyl sites for hydroxylation is 1. The number of rotatable bonds is 7. The maximum Gasteiger partial charge on any atom is 0.277 e. The molecule has 1 aromatic heterocycles. The van der Waals surface area contributed by atoms with Gasteiger partial charge in [0.25, 0.3) is 11.5 Å². The maximum absolute atomic E-state index is 13.0. The van der Waals surface area contributed by atoms with Crippen LogP contribution in [0.1, 0.15) is 43.5 Å². The SMILES string of the molecule is CCCCN(C)C(=O)c1ccc(-c2nc3ccccc3n(CCC)c2=O)cc1. The molecule has 1 amide bonds. The van der Waals surface area contributed by atoms with Gasteiger partial charge in [-0.25, -0.2) is 4.98 Å². The van der Waals surface area contributed by atoms with E-state index in [0.717, 1.165) is 42.4 Å². The highest BCUT2D eigenvalue weighted by molar-refractivity contribution is 5.94. The Balaban J connectivity index is 1.98. The summed E-state index contributed by atoms with van der Waals surface area (Å²) in [5, 5.41) is 0. The van der Waals surface area contributed by atoms with E-state index in [9.17, 15) is 9.59 Å². The number of unbranched alkanes of at least 4 members (excludes halogenated alkanes) is 1. The highest BCUT2D eigenvalue weighted by atomic mass is 16.2. The molecule has 0 N–H and O–H groups in total. The first-order chi connectivity index (χ1) is 13.6. The third-order valence-electron chi connectivity index (χ3n) is 4.90. The van der Waals surface area contributed by atoms with E-state index in [1.165, 1.54) is 0 Å². The number of hydrogen-bond donors (Lipinski definition) is 0. The van der Waals surface area contributed by atoms with Crippen molar-refractivity contribution in [3.8, 4) is 11.3 Å². The summed E-state index contributed by atoms with van der Waals surface area (Å²) in [6.45, 7) is 5.55. The van der Waals surface area contributed by atoms with Crippen molar-refractivity contribution in [3.63, 3.8) is 0 Å². The summed E-state index contributed by atoms with van der Waals surface area (Å²) >= 11 is 0. The van der Waals surface area contributed by atoms with E-state index in [1.54, 1.807) is 21.6 Å². The van der Waals surface area contributed by atoms with Gasteiger partial charge < -0.3 is 9.47 Å². The van der Waals surface area contributed by atoms with Crippen LogP contribution in [0.15, 0.2) is 53.3 Å². The zero-order chi connectivity index (χ0) is 20.1. The van der Waals surface area contributed by atoms with Crippen molar-refractivity contribution in [2.75, 3.05) is 13.6 Å². The van der Waals surface area contributed by atoms with Gasteiger partial charge in [-0.05, 0) is 37.1 Å². The van der Waals surface area contributed by atoms with Crippen LogP contribution >= 0.6 is 0 Å². The molecule has 0 aliphatic heterocycles. The number of fused-ring (bicyclic) bond motifs is 1. The quantitative estimate of drug-likeness (QED) is 0.615. The van der Waals surface area contributed by atoms with Gasteiger partial charge in [0.05, 0.1) is 11.0 Å². The Bertz CT molecular complexity index is 1020. The highest BCUT2D eigenvalue weighted by Gasteiger charge is 2.15. The topological polar surface area (TPSA) is 55.2 Å². The Morgan fingerprint density at radius 1 is 1.04 bits per heavy atom. The molecule has 2 aromatic carbocycles. The molecular formula is C23H27N3O2. The largest absolute Gasteiger partial charge is 0.342 e. The summed E-state index contributed by atoms with van der Waals surface area (Å²) in [7, 11) is 1.82. The molecule has 3 aromatic rings. The van der Waals surface area contributed by atoms with E-state index < -0.39 is 0 Å². The van der Waals surface area contributed by atoms with Gasteiger partial charge in [0.1, 0.15) is 5.69 Å². The van der Waals surface area contributed by atoms with Crippen LogP contribution in [-0.4, -0.2) is 34.0 Å². The van der Waals surface area contributed by atoms with Crippen molar-refractivity contribution in [3.05, 3.63) is 64.4 Å². The molecule has 28 heavy (non-hydrogen) atoms. The lowest BCUT2D eigenvalue weighted by Crippen LogP contribution is -2.27. The first kappa shape index (κ1) is 19.8. The molecule has 0 saturated carbocycles. The Hall–Kier alpha value is -2.95. The van der Waals surface area contributed by atoms with Gasteiger partial charge in [-0.3, -0.25) is 9.59 Å². The van der Waals surface area contributed by atoms with Crippen LogP contribution in [0.2, 0.25) is 0 Å². The molecule has 146 valence electrons. The molecule has 5 heteroatoms. The number of para-hydroxylation sites is 2. The molecule has 5 nitrogen and oxygen atoms in total. The highest BCUT2D eigenvalue weighted by Crippen LogP contribution is 2.19. The number of amides is 1. The smallest absolute Gasteiger partial charge is 0.277 e. The number of carbonyl (C=O) groups excluding carboxylic acids is 1. The lowest BCUT2D eigenvalue weighted by molar-refractivity contribution is 0.0793. The van der Waals surface area contributed by atoms with Crippen molar-refractivity contribution in [1.29, 1.82) is 0 Å². The minimum absolute atomic E-state index is 0.00475.